The molecule has 1 rings (SSSR count). The molecule has 15 heavy (non-hydrogen) atoms. The normalized spacial score (nSPS) is 20.6. The molecule has 0 saturated heterocycles. The number of allylic oxidation sites excluding steroid dienone is 3. The van der Waals surface area contributed by atoms with E-state index < -0.39 is 8.32 Å². The largest absolute Gasteiger partial charge is 0.545 e. The van der Waals surface area contributed by atoms with Crippen LogP contribution in [-0.4, -0.2) is 14.1 Å². The number of halogens is 2. The molecule has 0 heterocycles. The summed E-state index contributed by atoms with van der Waals surface area (Å²) in [7, 11) is -1.79. The summed E-state index contributed by atoms with van der Waals surface area (Å²) < 4.78 is 5.82. The van der Waals surface area contributed by atoms with E-state index in [1.54, 1.807) is 6.08 Å². The van der Waals surface area contributed by atoms with Crippen LogP contribution in [0.25, 0.3) is 0 Å². The maximum Gasteiger partial charge on any atom is 0.241 e. The van der Waals surface area contributed by atoms with Crippen LogP contribution in [0.15, 0.2) is 22.4 Å². The topological polar surface area (TPSA) is 26.3 Å². The van der Waals surface area contributed by atoms with Crippen molar-refractivity contribution in [3.8, 4) is 0 Å². The monoisotopic (exact) mass is 264 g/mol. The lowest BCUT2D eigenvalue weighted by Crippen LogP contribution is -2.28. The third-order valence-electron chi connectivity index (χ3n) is 1.92. The fraction of sp³-hybridized carbons (Fsp3) is 0.500. The van der Waals surface area contributed by atoms with E-state index in [9.17, 15) is 4.79 Å². The van der Waals surface area contributed by atoms with Gasteiger partial charge in [0.25, 0.3) is 0 Å². The number of carbonyl (C=O) groups excluding carboxylic acids is 1. The number of hydrogen-bond donors (Lipinski definition) is 0. The molecule has 0 aromatic rings. The van der Waals surface area contributed by atoms with E-state index in [0.29, 0.717) is 12.2 Å². The summed E-state index contributed by atoms with van der Waals surface area (Å²) in [6.45, 7) is 6.07. The third kappa shape index (κ3) is 3.67. The molecule has 0 saturated carbocycles. The quantitative estimate of drug-likeness (QED) is 0.575. The van der Waals surface area contributed by atoms with Gasteiger partial charge in [0.15, 0.2) is 5.78 Å². The van der Waals surface area contributed by atoms with Gasteiger partial charge in [0.1, 0.15) is 10.3 Å². The number of hydrogen-bond acceptors (Lipinski definition) is 2. The fourth-order valence-electron chi connectivity index (χ4n) is 1.36. The predicted molar refractivity (Wildman–Crippen MR) is 65.4 cm³/mol. The highest BCUT2D eigenvalue weighted by Gasteiger charge is 2.30. The van der Waals surface area contributed by atoms with Crippen molar-refractivity contribution in [3.05, 3.63) is 22.4 Å². The fourth-order valence-corrected chi connectivity index (χ4v) is 2.73. The lowest BCUT2D eigenvalue weighted by atomic mass is 10.1. The first-order chi connectivity index (χ1) is 6.81. The molecule has 1 atom stereocenters. The average molecular weight is 265 g/mol. The zero-order chi connectivity index (χ0) is 11.6. The van der Waals surface area contributed by atoms with Crippen LogP contribution in [0.3, 0.4) is 0 Å². The summed E-state index contributed by atoms with van der Waals surface area (Å²) in [5.41, 5.74) is 0. The van der Waals surface area contributed by atoms with Crippen molar-refractivity contribution in [2.45, 2.75) is 26.1 Å². The predicted octanol–water partition coefficient (Wildman–Crippen LogP) is 3.63. The van der Waals surface area contributed by atoms with Crippen LogP contribution in [0, 0.1) is 5.92 Å². The maximum atomic E-state index is 11.5. The molecular formula is C10H14Cl2O2Si. The molecule has 0 N–H and O–H groups in total. The first-order valence-electron chi connectivity index (χ1n) is 4.76. The van der Waals surface area contributed by atoms with Gasteiger partial charge in [0.2, 0.25) is 8.32 Å². The Morgan fingerprint density at radius 1 is 1.47 bits per heavy atom. The SMILES string of the molecule is C[Si](C)(C)OC(=C(Cl)Cl)C1CC=CC1=O. The summed E-state index contributed by atoms with van der Waals surface area (Å²) in [4.78, 5) is 11.5. The Morgan fingerprint density at radius 3 is 2.40 bits per heavy atom. The van der Waals surface area contributed by atoms with Gasteiger partial charge in [0, 0.05) is 0 Å². The molecular weight excluding hydrogens is 251 g/mol. The van der Waals surface area contributed by atoms with Crippen LogP contribution in [0.2, 0.25) is 19.6 Å². The number of carbonyl (C=O) groups is 1. The Morgan fingerprint density at radius 2 is 2.07 bits per heavy atom. The van der Waals surface area contributed by atoms with Crippen molar-refractivity contribution in [1.29, 1.82) is 0 Å². The molecule has 0 bridgehead atoms. The Bertz CT molecular complexity index is 325. The molecule has 5 heteroatoms. The average Bonchev–Trinajstić information content (AvgIpc) is 2.45. The van der Waals surface area contributed by atoms with E-state index >= 15 is 0 Å². The highest BCUT2D eigenvalue weighted by Crippen LogP contribution is 2.31. The summed E-state index contributed by atoms with van der Waals surface area (Å²) >= 11 is 11.5. The molecule has 0 amide bonds. The van der Waals surface area contributed by atoms with Crippen LogP contribution in [0.4, 0.5) is 0 Å². The molecule has 0 radical (unpaired) electrons. The van der Waals surface area contributed by atoms with Crippen molar-refractivity contribution in [2.24, 2.45) is 5.92 Å². The lowest BCUT2D eigenvalue weighted by Gasteiger charge is -2.24. The van der Waals surface area contributed by atoms with Gasteiger partial charge in [-0.2, -0.15) is 0 Å². The van der Waals surface area contributed by atoms with Crippen LogP contribution in [0.1, 0.15) is 6.42 Å². The van der Waals surface area contributed by atoms with Crippen LogP contribution in [-0.2, 0) is 9.22 Å². The molecule has 1 aliphatic rings. The van der Waals surface area contributed by atoms with Crippen LogP contribution >= 0.6 is 23.2 Å². The highest BCUT2D eigenvalue weighted by molar-refractivity contribution is 6.70. The lowest BCUT2D eigenvalue weighted by molar-refractivity contribution is -0.117. The zero-order valence-electron chi connectivity index (χ0n) is 9.01. The molecule has 0 fully saturated rings. The van der Waals surface area contributed by atoms with Crippen LogP contribution in [0.5, 0.6) is 0 Å². The van der Waals surface area contributed by atoms with Gasteiger partial charge < -0.3 is 4.43 Å². The minimum Gasteiger partial charge on any atom is -0.545 e. The standard InChI is InChI=1S/C10H14Cl2O2Si/c1-15(2,3)14-9(10(11)12)7-5-4-6-8(7)13/h4,6-7H,5H2,1-3H3. The smallest absolute Gasteiger partial charge is 0.241 e. The van der Waals surface area contributed by atoms with Crippen molar-refractivity contribution < 1.29 is 9.22 Å². The van der Waals surface area contributed by atoms with E-state index in [4.69, 9.17) is 27.6 Å². The van der Waals surface area contributed by atoms with Crippen LogP contribution < -0.4 is 0 Å². The molecule has 0 aliphatic heterocycles. The third-order valence-corrected chi connectivity index (χ3v) is 3.12. The highest BCUT2D eigenvalue weighted by atomic mass is 35.5. The van der Waals surface area contributed by atoms with Gasteiger partial charge in [0.05, 0.1) is 5.92 Å². The second kappa shape index (κ2) is 4.72. The van der Waals surface area contributed by atoms with E-state index in [1.807, 2.05) is 25.7 Å². The summed E-state index contributed by atoms with van der Waals surface area (Å²) in [5, 5.41) is 0. The van der Waals surface area contributed by atoms with Crippen molar-refractivity contribution in [3.63, 3.8) is 0 Å². The Hall–Kier alpha value is -0.253. The van der Waals surface area contributed by atoms with E-state index in [0.717, 1.165) is 0 Å². The first-order valence-corrected chi connectivity index (χ1v) is 8.92. The Labute approximate surface area is 101 Å². The van der Waals surface area contributed by atoms with Gasteiger partial charge in [-0.05, 0) is 32.1 Å². The molecule has 0 aromatic heterocycles. The Kier molecular flexibility index (Phi) is 4.03. The molecule has 1 unspecified atom stereocenters. The molecule has 2 nitrogen and oxygen atoms in total. The summed E-state index contributed by atoms with van der Waals surface area (Å²) in [6, 6.07) is 0. The van der Waals surface area contributed by atoms with Crippen molar-refractivity contribution in [1.82, 2.24) is 0 Å². The molecule has 0 spiro atoms. The molecule has 84 valence electrons. The van der Waals surface area contributed by atoms with Gasteiger partial charge >= 0.3 is 0 Å². The van der Waals surface area contributed by atoms with E-state index in [-0.39, 0.29) is 16.2 Å². The minimum absolute atomic E-state index is 0.0158. The summed E-state index contributed by atoms with van der Waals surface area (Å²) in [6.07, 6.45) is 3.99. The summed E-state index contributed by atoms with van der Waals surface area (Å²) in [5.74, 6) is 0.135. The van der Waals surface area contributed by atoms with E-state index in [2.05, 4.69) is 0 Å². The van der Waals surface area contributed by atoms with Crippen molar-refractivity contribution >= 4 is 37.3 Å². The van der Waals surface area contributed by atoms with Gasteiger partial charge in [-0.1, -0.05) is 29.3 Å². The minimum atomic E-state index is -1.79. The van der Waals surface area contributed by atoms with Gasteiger partial charge in [-0.15, -0.1) is 0 Å². The zero-order valence-corrected chi connectivity index (χ0v) is 11.5. The van der Waals surface area contributed by atoms with Gasteiger partial charge in [-0.25, -0.2) is 0 Å². The molecule has 0 aromatic carbocycles. The molecule has 1 aliphatic carbocycles. The first kappa shape index (κ1) is 12.8. The second-order valence-electron chi connectivity index (χ2n) is 4.43. The van der Waals surface area contributed by atoms with Crippen molar-refractivity contribution in [2.75, 3.05) is 0 Å². The Balaban J connectivity index is 2.87. The number of rotatable bonds is 3. The van der Waals surface area contributed by atoms with Gasteiger partial charge in [-0.3, -0.25) is 4.79 Å². The number of ketones is 1. The van der Waals surface area contributed by atoms with E-state index in [1.165, 1.54) is 0 Å². The maximum absolute atomic E-state index is 11.5. The second-order valence-corrected chi connectivity index (χ2v) is 9.81.